The number of rotatable bonds is 8. The molecule has 0 radical (unpaired) electrons. The Balaban J connectivity index is 1.50. The number of fused-ring (bicyclic) bond motifs is 1. The van der Waals surface area contributed by atoms with Crippen molar-refractivity contribution < 1.29 is 27.8 Å². The van der Waals surface area contributed by atoms with Gasteiger partial charge in [0.15, 0.2) is 0 Å². The SMILES string of the molecule is Cc1ccc(Cn2nc3c(C(F)(F)F)cccc3c2-c2cccc(OCc3ccc(C(C)(C)C(=O)O)cc3)c2)c(C)c1. The third kappa shape index (κ3) is 5.75. The van der Waals surface area contributed by atoms with Crippen LogP contribution < -0.4 is 4.74 Å². The summed E-state index contributed by atoms with van der Waals surface area (Å²) in [4.78, 5) is 11.6. The van der Waals surface area contributed by atoms with E-state index < -0.39 is 23.1 Å². The van der Waals surface area contributed by atoms with E-state index in [4.69, 9.17) is 4.74 Å². The predicted octanol–water partition coefficient (Wildman–Crippen LogP) is 8.33. The third-order valence-electron chi connectivity index (χ3n) is 7.62. The van der Waals surface area contributed by atoms with Crippen molar-refractivity contribution in [2.75, 3.05) is 0 Å². The molecule has 0 aliphatic rings. The highest BCUT2D eigenvalue weighted by Crippen LogP contribution is 2.39. The molecule has 4 aromatic carbocycles. The van der Waals surface area contributed by atoms with E-state index in [0.717, 1.165) is 28.3 Å². The van der Waals surface area contributed by atoms with Gasteiger partial charge in [0.25, 0.3) is 0 Å². The summed E-state index contributed by atoms with van der Waals surface area (Å²) in [6.07, 6.45) is -4.55. The van der Waals surface area contributed by atoms with Gasteiger partial charge in [0.2, 0.25) is 0 Å². The monoisotopic (exact) mass is 572 g/mol. The van der Waals surface area contributed by atoms with Crippen LogP contribution in [-0.4, -0.2) is 20.9 Å². The number of aliphatic carboxylic acids is 1. The Hall–Kier alpha value is -4.59. The van der Waals surface area contributed by atoms with E-state index in [2.05, 4.69) is 5.10 Å². The zero-order valence-corrected chi connectivity index (χ0v) is 23.8. The van der Waals surface area contributed by atoms with Crippen LogP contribution >= 0.6 is 0 Å². The first-order chi connectivity index (χ1) is 19.8. The number of aromatic nitrogens is 2. The Kier molecular flexibility index (Phi) is 7.58. The molecule has 1 N–H and O–H groups in total. The largest absolute Gasteiger partial charge is 0.489 e. The lowest BCUT2D eigenvalue weighted by Gasteiger charge is -2.19. The van der Waals surface area contributed by atoms with Gasteiger partial charge in [0, 0.05) is 10.9 Å². The van der Waals surface area contributed by atoms with E-state index in [1.807, 2.05) is 50.2 Å². The topological polar surface area (TPSA) is 64.4 Å². The highest BCUT2D eigenvalue weighted by molar-refractivity contribution is 5.95. The molecule has 0 spiro atoms. The third-order valence-corrected chi connectivity index (χ3v) is 7.62. The zero-order chi connectivity index (χ0) is 30.2. The van der Waals surface area contributed by atoms with Crippen LogP contribution in [0.15, 0.2) is 84.9 Å². The standard InChI is InChI=1S/C34H31F3N2O3/c1-21-11-14-25(22(2)17-21)19-39-31(28-9-6-10-29(30(28)38-39)34(35,36)37)24-7-5-8-27(18-24)42-20-23-12-15-26(16-13-23)33(3,4)32(40)41/h5-18H,19-20H2,1-4H3,(H,40,41). The summed E-state index contributed by atoms with van der Waals surface area (Å²) in [5.74, 6) is -0.364. The minimum Gasteiger partial charge on any atom is -0.489 e. The normalized spacial score (nSPS) is 12.1. The van der Waals surface area contributed by atoms with E-state index in [1.54, 1.807) is 54.9 Å². The molecular weight excluding hydrogens is 541 g/mol. The van der Waals surface area contributed by atoms with Crippen molar-refractivity contribution in [3.63, 3.8) is 0 Å². The molecule has 42 heavy (non-hydrogen) atoms. The van der Waals surface area contributed by atoms with Gasteiger partial charge in [-0.3, -0.25) is 9.48 Å². The Bertz CT molecular complexity index is 1770. The van der Waals surface area contributed by atoms with Gasteiger partial charge in [-0.1, -0.05) is 72.3 Å². The molecule has 0 aliphatic heterocycles. The molecule has 0 saturated heterocycles. The molecule has 5 nitrogen and oxygen atoms in total. The first-order valence-electron chi connectivity index (χ1n) is 13.5. The van der Waals surface area contributed by atoms with Crippen molar-refractivity contribution in [1.82, 2.24) is 9.78 Å². The van der Waals surface area contributed by atoms with Crippen molar-refractivity contribution in [2.45, 2.75) is 52.4 Å². The van der Waals surface area contributed by atoms with Gasteiger partial charge < -0.3 is 9.84 Å². The minimum atomic E-state index is -4.55. The number of nitrogens with zero attached hydrogens (tertiary/aromatic N) is 2. The molecule has 0 aliphatic carbocycles. The summed E-state index contributed by atoms with van der Waals surface area (Å²) in [5.41, 5.74) is 4.00. The first kappa shape index (κ1) is 28.9. The second-order valence-corrected chi connectivity index (χ2v) is 11.1. The highest BCUT2D eigenvalue weighted by Gasteiger charge is 2.34. The van der Waals surface area contributed by atoms with Crippen LogP contribution in [0.2, 0.25) is 0 Å². The van der Waals surface area contributed by atoms with E-state index in [-0.39, 0.29) is 12.1 Å². The number of alkyl halides is 3. The quantitative estimate of drug-likeness (QED) is 0.203. The van der Waals surface area contributed by atoms with Crippen molar-refractivity contribution in [1.29, 1.82) is 0 Å². The molecule has 0 fully saturated rings. The lowest BCUT2D eigenvalue weighted by atomic mass is 9.84. The van der Waals surface area contributed by atoms with Crippen LogP contribution in [0.3, 0.4) is 0 Å². The molecule has 0 atom stereocenters. The Labute approximate surface area is 242 Å². The summed E-state index contributed by atoms with van der Waals surface area (Å²) < 4.78 is 49.6. The highest BCUT2D eigenvalue weighted by atomic mass is 19.4. The molecule has 5 aromatic rings. The molecule has 1 heterocycles. The average molecular weight is 573 g/mol. The van der Waals surface area contributed by atoms with E-state index in [1.165, 1.54) is 6.07 Å². The molecule has 1 aromatic heterocycles. The van der Waals surface area contributed by atoms with Crippen LogP contribution in [0, 0.1) is 13.8 Å². The summed E-state index contributed by atoms with van der Waals surface area (Å²) in [6.45, 7) is 7.82. The summed E-state index contributed by atoms with van der Waals surface area (Å²) in [7, 11) is 0. The summed E-state index contributed by atoms with van der Waals surface area (Å²) >= 11 is 0. The molecule has 0 amide bonds. The summed E-state index contributed by atoms with van der Waals surface area (Å²) in [6, 6.07) is 24.6. The van der Waals surface area contributed by atoms with Crippen molar-refractivity contribution in [3.8, 4) is 17.0 Å². The van der Waals surface area contributed by atoms with Gasteiger partial charge in [-0.15, -0.1) is 0 Å². The number of halogens is 3. The lowest BCUT2D eigenvalue weighted by Crippen LogP contribution is -2.28. The van der Waals surface area contributed by atoms with Crippen LogP contribution in [0.25, 0.3) is 22.2 Å². The Morgan fingerprint density at radius 2 is 1.64 bits per heavy atom. The van der Waals surface area contributed by atoms with Crippen LogP contribution in [-0.2, 0) is 29.5 Å². The maximum absolute atomic E-state index is 14.0. The van der Waals surface area contributed by atoms with Gasteiger partial charge in [-0.25, -0.2) is 0 Å². The van der Waals surface area contributed by atoms with Crippen molar-refractivity contribution >= 4 is 16.9 Å². The van der Waals surface area contributed by atoms with Gasteiger partial charge in [0.05, 0.1) is 23.2 Å². The second-order valence-electron chi connectivity index (χ2n) is 11.1. The molecule has 0 unspecified atom stereocenters. The smallest absolute Gasteiger partial charge is 0.418 e. The fraction of sp³-hybridized carbons (Fsp3) is 0.235. The van der Waals surface area contributed by atoms with Crippen LogP contribution in [0.1, 0.15) is 47.2 Å². The molecule has 0 saturated carbocycles. The van der Waals surface area contributed by atoms with Gasteiger partial charge >= 0.3 is 12.1 Å². The van der Waals surface area contributed by atoms with Gasteiger partial charge in [0.1, 0.15) is 17.9 Å². The molecule has 5 rings (SSSR count). The fourth-order valence-electron chi connectivity index (χ4n) is 5.03. The number of hydrogen-bond donors (Lipinski definition) is 1. The average Bonchev–Trinajstić information content (AvgIpc) is 3.31. The zero-order valence-electron chi connectivity index (χ0n) is 23.8. The number of hydrogen-bond acceptors (Lipinski definition) is 3. The number of carbonyl (C=O) groups is 1. The Morgan fingerprint density at radius 1 is 0.929 bits per heavy atom. The lowest BCUT2D eigenvalue weighted by molar-refractivity contribution is -0.142. The van der Waals surface area contributed by atoms with E-state index in [9.17, 15) is 23.1 Å². The molecule has 8 heteroatoms. The number of aryl methyl sites for hydroxylation is 2. The predicted molar refractivity (Wildman–Crippen MR) is 157 cm³/mol. The summed E-state index contributed by atoms with van der Waals surface area (Å²) in [5, 5.41) is 14.4. The maximum atomic E-state index is 14.0. The minimum absolute atomic E-state index is 0.0968. The molecule has 216 valence electrons. The number of ether oxygens (including phenoxy) is 1. The number of carboxylic acid groups (broad SMARTS) is 1. The van der Waals surface area contributed by atoms with Crippen LogP contribution in [0.5, 0.6) is 5.75 Å². The van der Waals surface area contributed by atoms with E-state index >= 15 is 0 Å². The maximum Gasteiger partial charge on any atom is 0.418 e. The second kappa shape index (κ2) is 11.0. The van der Waals surface area contributed by atoms with Crippen LogP contribution in [0.4, 0.5) is 13.2 Å². The first-order valence-corrected chi connectivity index (χ1v) is 13.5. The molecular formula is C34H31F3N2O3. The number of carboxylic acids is 1. The number of benzene rings is 4. The fourth-order valence-corrected chi connectivity index (χ4v) is 5.03. The molecule has 0 bridgehead atoms. The van der Waals surface area contributed by atoms with Gasteiger partial charge in [-0.2, -0.15) is 18.3 Å². The van der Waals surface area contributed by atoms with Gasteiger partial charge in [-0.05, 0) is 68.1 Å². The van der Waals surface area contributed by atoms with Crippen molar-refractivity contribution in [2.24, 2.45) is 0 Å². The van der Waals surface area contributed by atoms with E-state index in [0.29, 0.717) is 34.5 Å². The Morgan fingerprint density at radius 3 is 2.31 bits per heavy atom. The van der Waals surface area contributed by atoms with Crippen molar-refractivity contribution in [3.05, 3.63) is 118 Å².